The second-order valence-electron chi connectivity index (χ2n) is 2.17. The summed E-state index contributed by atoms with van der Waals surface area (Å²) in [5.74, 6) is 6.03. The lowest BCUT2D eigenvalue weighted by molar-refractivity contribution is 1.44. The molecule has 2 heteroatoms. The van der Waals surface area contributed by atoms with Crippen molar-refractivity contribution in [1.82, 2.24) is 0 Å². The predicted molar refractivity (Wildman–Crippen MR) is 58.9 cm³/mol. The van der Waals surface area contributed by atoms with Crippen molar-refractivity contribution < 1.29 is 0 Å². The Morgan fingerprint density at radius 1 is 1.50 bits per heavy atom. The summed E-state index contributed by atoms with van der Waals surface area (Å²) in [4.78, 5) is 1.26. The lowest BCUT2D eigenvalue weighted by Crippen LogP contribution is -1.75. The zero-order valence-electron chi connectivity index (χ0n) is 6.80. The van der Waals surface area contributed by atoms with Crippen LogP contribution < -0.4 is 0 Å². The van der Waals surface area contributed by atoms with Crippen LogP contribution in [0.2, 0.25) is 0 Å². The van der Waals surface area contributed by atoms with E-state index >= 15 is 0 Å². The van der Waals surface area contributed by atoms with Crippen molar-refractivity contribution in [3.63, 3.8) is 0 Å². The third-order valence-electron chi connectivity index (χ3n) is 1.37. The summed E-state index contributed by atoms with van der Waals surface area (Å²) in [7, 11) is 0. The molecule has 0 bridgehead atoms. The minimum absolute atomic E-state index is 0.733. The number of halogens is 1. The molecule has 1 aromatic rings. The highest BCUT2D eigenvalue weighted by Gasteiger charge is 1.89. The summed E-state index contributed by atoms with van der Waals surface area (Å²) >= 11 is 5.00. The first kappa shape index (κ1) is 9.70. The fourth-order valence-electron chi connectivity index (χ4n) is 0.836. The van der Waals surface area contributed by atoms with Crippen molar-refractivity contribution in [2.24, 2.45) is 0 Å². The Hall–Kier alpha value is -0.390. The van der Waals surface area contributed by atoms with E-state index in [4.69, 9.17) is 0 Å². The molecule has 0 aliphatic carbocycles. The van der Waals surface area contributed by atoms with Gasteiger partial charge in [-0.15, -0.1) is 11.8 Å². The molecule has 62 valence electrons. The van der Waals surface area contributed by atoms with Gasteiger partial charge in [0.05, 0.1) is 5.33 Å². The molecule has 0 aromatic heterocycles. The van der Waals surface area contributed by atoms with E-state index in [1.54, 1.807) is 11.8 Å². The number of benzene rings is 1. The van der Waals surface area contributed by atoms with E-state index in [-0.39, 0.29) is 0 Å². The highest BCUT2D eigenvalue weighted by Crippen LogP contribution is 2.14. The molecule has 0 aliphatic heterocycles. The van der Waals surface area contributed by atoms with E-state index in [0.29, 0.717) is 0 Å². The van der Waals surface area contributed by atoms with Crippen molar-refractivity contribution >= 4 is 27.7 Å². The summed E-state index contributed by atoms with van der Waals surface area (Å²) in [5, 5.41) is 0.733. The SMILES string of the molecule is CSc1cccc(C#CCBr)c1. The lowest BCUT2D eigenvalue weighted by atomic mass is 10.2. The molecule has 0 unspecified atom stereocenters. The van der Waals surface area contributed by atoms with Crippen molar-refractivity contribution in [1.29, 1.82) is 0 Å². The Balaban J connectivity index is 2.86. The molecule has 0 saturated carbocycles. The third kappa shape index (κ3) is 2.92. The van der Waals surface area contributed by atoms with Gasteiger partial charge in [-0.25, -0.2) is 0 Å². The fraction of sp³-hybridized carbons (Fsp3) is 0.200. The Labute approximate surface area is 85.9 Å². The van der Waals surface area contributed by atoms with Crippen LogP contribution in [0.15, 0.2) is 29.2 Å². The van der Waals surface area contributed by atoms with Crippen LogP contribution in [-0.2, 0) is 0 Å². The number of thioether (sulfide) groups is 1. The van der Waals surface area contributed by atoms with Crippen LogP contribution in [0.5, 0.6) is 0 Å². The van der Waals surface area contributed by atoms with Crippen molar-refractivity contribution in [3.05, 3.63) is 29.8 Å². The molecule has 0 heterocycles. The van der Waals surface area contributed by atoms with Gasteiger partial charge in [-0.2, -0.15) is 0 Å². The van der Waals surface area contributed by atoms with E-state index < -0.39 is 0 Å². The Morgan fingerprint density at radius 3 is 3.00 bits per heavy atom. The molecule has 0 fully saturated rings. The molecule has 0 N–H and O–H groups in total. The monoisotopic (exact) mass is 240 g/mol. The van der Waals surface area contributed by atoms with Crippen molar-refractivity contribution in [2.75, 3.05) is 11.6 Å². The molecule has 0 atom stereocenters. The summed E-state index contributed by atoms with van der Waals surface area (Å²) in [6.07, 6.45) is 2.07. The van der Waals surface area contributed by atoms with Crippen LogP contribution in [0.3, 0.4) is 0 Å². The molecule has 0 aliphatic rings. The first-order valence-electron chi connectivity index (χ1n) is 3.55. The van der Waals surface area contributed by atoms with Crippen LogP contribution in [0, 0.1) is 11.8 Å². The summed E-state index contributed by atoms with van der Waals surface area (Å²) in [6.45, 7) is 0. The predicted octanol–water partition coefficient (Wildman–Crippen LogP) is 3.15. The van der Waals surface area contributed by atoms with Gasteiger partial charge in [0.2, 0.25) is 0 Å². The molecule has 0 saturated heterocycles. The Kier molecular flexibility index (Phi) is 4.27. The van der Waals surface area contributed by atoms with E-state index in [0.717, 1.165) is 10.9 Å². The first-order chi connectivity index (χ1) is 5.86. The topological polar surface area (TPSA) is 0 Å². The molecule has 1 aromatic carbocycles. The van der Waals surface area contributed by atoms with Crippen molar-refractivity contribution in [2.45, 2.75) is 4.90 Å². The van der Waals surface area contributed by atoms with E-state index in [9.17, 15) is 0 Å². The van der Waals surface area contributed by atoms with Gasteiger partial charge >= 0.3 is 0 Å². The fourth-order valence-corrected chi connectivity index (χ4v) is 1.44. The van der Waals surface area contributed by atoms with Gasteiger partial charge in [0.15, 0.2) is 0 Å². The first-order valence-corrected chi connectivity index (χ1v) is 5.90. The van der Waals surface area contributed by atoms with E-state index in [1.807, 2.05) is 12.1 Å². The molecular formula is C10H9BrS. The largest absolute Gasteiger partial charge is 0.130 e. The molecule has 0 amide bonds. The van der Waals surface area contributed by atoms with Crippen LogP contribution >= 0.6 is 27.7 Å². The van der Waals surface area contributed by atoms with E-state index in [1.165, 1.54) is 4.90 Å². The maximum atomic E-state index is 3.26. The van der Waals surface area contributed by atoms with E-state index in [2.05, 4.69) is 46.2 Å². The van der Waals surface area contributed by atoms with Gasteiger partial charge in [0.25, 0.3) is 0 Å². The van der Waals surface area contributed by atoms with Crippen LogP contribution in [0.25, 0.3) is 0 Å². The maximum Gasteiger partial charge on any atom is 0.0649 e. The Bertz CT molecular complexity index is 309. The number of hydrogen-bond donors (Lipinski definition) is 0. The molecule has 0 nitrogen and oxygen atoms in total. The average molecular weight is 241 g/mol. The van der Waals surface area contributed by atoms with Crippen molar-refractivity contribution in [3.8, 4) is 11.8 Å². The quantitative estimate of drug-likeness (QED) is 0.413. The standard InChI is InChI=1S/C10H9BrS/c1-12-10-6-2-4-9(8-10)5-3-7-11/h2,4,6,8H,7H2,1H3. The van der Waals surface area contributed by atoms with Gasteiger partial charge in [-0.3, -0.25) is 0 Å². The Morgan fingerprint density at radius 2 is 2.33 bits per heavy atom. The minimum atomic E-state index is 0.733. The second-order valence-corrected chi connectivity index (χ2v) is 3.61. The summed E-state index contributed by atoms with van der Waals surface area (Å²) < 4.78 is 0. The molecule has 0 radical (unpaired) electrons. The highest BCUT2D eigenvalue weighted by atomic mass is 79.9. The average Bonchev–Trinajstić information content (AvgIpc) is 2.15. The second kappa shape index (κ2) is 5.29. The number of hydrogen-bond acceptors (Lipinski definition) is 1. The molecule has 1 rings (SSSR count). The van der Waals surface area contributed by atoms with Gasteiger partial charge in [0, 0.05) is 10.5 Å². The van der Waals surface area contributed by atoms with Crippen LogP contribution in [0.4, 0.5) is 0 Å². The molecular weight excluding hydrogens is 232 g/mol. The smallest absolute Gasteiger partial charge is 0.0649 e. The molecule has 0 spiro atoms. The van der Waals surface area contributed by atoms with Crippen LogP contribution in [-0.4, -0.2) is 11.6 Å². The third-order valence-corrected chi connectivity index (χ3v) is 2.37. The number of alkyl halides is 1. The highest BCUT2D eigenvalue weighted by molar-refractivity contribution is 9.09. The van der Waals surface area contributed by atoms with Gasteiger partial charge in [-0.05, 0) is 24.5 Å². The molecule has 12 heavy (non-hydrogen) atoms. The zero-order valence-corrected chi connectivity index (χ0v) is 9.21. The van der Waals surface area contributed by atoms with Gasteiger partial charge < -0.3 is 0 Å². The minimum Gasteiger partial charge on any atom is -0.130 e. The summed E-state index contributed by atoms with van der Waals surface area (Å²) in [5.41, 5.74) is 1.08. The maximum absolute atomic E-state index is 3.26. The number of rotatable bonds is 1. The van der Waals surface area contributed by atoms with Crippen LogP contribution in [0.1, 0.15) is 5.56 Å². The normalized spacial score (nSPS) is 8.83. The zero-order chi connectivity index (χ0) is 8.81. The van der Waals surface area contributed by atoms with Gasteiger partial charge in [0.1, 0.15) is 0 Å². The van der Waals surface area contributed by atoms with Gasteiger partial charge in [-0.1, -0.05) is 33.8 Å². The summed E-state index contributed by atoms with van der Waals surface area (Å²) in [6, 6.07) is 8.24. The lowest BCUT2D eigenvalue weighted by Gasteiger charge is -1.94.